The van der Waals surface area contributed by atoms with Crippen LogP contribution < -0.4 is 0 Å². The highest BCUT2D eigenvalue weighted by Crippen LogP contribution is 2.21. The van der Waals surface area contributed by atoms with Crippen molar-refractivity contribution in [3.8, 4) is 0 Å². The maximum atomic E-state index is 12.4. The molecule has 0 N–H and O–H groups in total. The lowest BCUT2D eigenvalue weighted by Gasteiger charge is -2.36. The molecule has 1 amide bonds. The summed E-state index contributed by atoms with van der Waals surface area (Å²) in [7, 11) is 0. The van der Waals surface area contributed by atoms with Crippen molar-refractivity contribution >= 4 is 16.8 Å². The van der Waals surface area contributed by atoms with Crippen molar-refractivity contribution in [2.24, 2.45) is 5.41 Å². The van der Waals surface area contributed by atoms with E-state index in [-0.39, 0.29) is 11.3 Å². The zero-order valence-corrected chi connectivity index (χ0v) is 15.0. The van der Waals surface area contributed by atoms with E-state index in [1.807, 2.05) is 17.2 Å². The van der Waals surface area contributed by atoms with Crippen LogP contribution in [-0.4, -0.2) is 46.9 Å². The Morgan fingerprint density at radius 2 is 1.79 bits per heavy atom. The zero-order valence-electron chi connectivity index (χ0n) is 15.0. The summed E-state index contributed by atoms with van der Waals surface area (Å²) in [5.41, 5.74) is 2.41. The van der Waals surface area contributed by atoms with E-state index in [0.29, 0.717) is 6.42 Å². The van der Waals surface area contributed by atoms with Gasteiger partial charge in [0.25, 0.3) is 0 Å². The molecule has 4 nitrogen and oxygen atoms in total. The number of carbonyl (C=O) groups is 1. The summed E-state index contributed by atoms with van der Waals surface area (Å²) in [6.45, 7) is 10.8. The minimum atomic E-state index is 0.0584. The summed E-state index contributed by atoms with van der Waals surface area (Å²) < 4.78 is 0. The Hall–Kier alpha value is -1.94. The van der Waals surface area contributed by atoms with Gasteiger partial charge in [-0.05, 0) is 17.0 Å². The van der Waals surface area contributed by atoms with E-state index in [4.69, 9.17) is 0 Å². The molecule has 2 heterocycles. The molecule has 1 aliphatic heterocycles. The Balaban J connectivity index is 1.60. The maximum absolute atomic E-state index is 12.4. The smallest absolute Gasteiger partial charge is 0.223 e. The molecule has 0 atom stereocenters. The van der Waals surface area contributed by atoms with E-state index in [9.17, 15) is 4.79 Å². The molecule has 1 aromatic carbocycles. The minimum Gasteiger partial charge on any atom is -0.340 e. The van der Waals surface area contributed by atoms with Gasteiger partial charge in [0.2, 0.25) is 5.91 Å². The third-order valence-electron chi connectivity index (χ3n) is 4.52. The number of rotatable bonds is 3. The van der Waals surface area contributed by atoms with Crippen LogP contribution in [0, 0.1) is 5.41 Å². The molecule has 1 aromatic heterocycles. The highest BCUT2D eigenvalue weighted by atomic mass is 16.2. The predicted molar refractivity (Wildman–Crippen MR) is 97.7 cm³/mol. The van der Waals surface area contributed by atoms with E-state index >= 15 is 0 Å². The average molecular weight is 325 g/mol. The van der Waals surface area contributed by atoms with Crippen molar-refractivity contribution in [1.29, 1.82) is 0 Å². The predicted octanol–water partition coefficient (Wildman–Crippen LogP) is 3.32. The van der Waals surface area contributed by atoms with Gasteiger partial charge in [0.15, 0.2) is 0 Å². The van der Waals surface area contributed by atoms with Gasteiger partial charge in [-0.25, -0.2) is 0 Å². The number of fused-ring (bicyclic) bond motifs is 1. The molecule has 0 saturated carbocycles. The van der Waals surface area contributed by atoms with E-state index < -0.39 is 0 Å². The zero-order chi connectivity index (χ0) is 17.2. The van der Waals surface area contributed by atoms with Crippen LogP contribution in [0.25, 0.3) is 10.9 Å². The van der Waals surface area contributed by atoms with E-state index in [2.05, 4.69) is 54.9 Å². The fourth-order valence-corrected chi connectivity index (χ4v) is 3.26. The summed E-state index contributed by atoms with van der Waals surface area (Å²) in [5, 5.41) is 1.19. The van der Waals surface area contributed by atoms with Crippen molar-refractivity contribution in [2.75, 3.05) is 26.2 Å². The first-order valence-electron chi connectivity index (χ1n) is 8.75. The quantitative estimate of drug-likeness (QED) is 0.868. The number of pyridine rings is 1. The highest BCUT2D eigenvalue weighted by Gasteiger charge is 2.25. The SMILES string of the molecule is CC(C)(C)CC(=O)N1CCN(Cc2cccc3cccnc23)CC1. The fourth-order valence-electron chi connectivity index (χ4n) is 3.26. The van der Waals surface area contributed by atoms with Crippen molar-refractivity contribution in [3.63, 3.8) is 0 Å². The third-order valence-corrected chi connectivity index (χ3v) is 4.52. The Morgan fingerprint density at radius 3 is 2.50 bits per heavy atom. The van der Waals surface area contributed by atoms with Gasteiger partial charge in [-0.3, -0.25) is 14.7 Å². The van der Waals surface area contributed by atoms with Crippen LogP contribution in [0.3, 0.4) is 0 Å². The van der Waals surface area contributed by atoms with Crippen LogP contribution in [0.15, 0.2) is 36.5 Å². The number of hydrogen-bond acceptors (Lipinski definition) is 3. The molecule has 0 spiro atoms. The van der Waals surface area contributed by atoms with Gasteiger partial charge in [0, 0.05) is 50.7 Å². The number of nitrogens with zero attached hydrogens (tertiary/aromatic N) is 3. The normalized spacial score (nSPS) is 16.5. The number of piperazine rings is 1. The number of hydrogen-bond donors (Lipinski definition) is 0. The van der Waals surface area contributed by atoms with Crippen LogP contribution in [-0.2, 0) is 11.3 Å². The lowest BCUT2D eigenvalue weighted by molar-refractivity contribution is -0.134. The minimum absolute atomic E-state index is 0.0584. The fraction of sp³-hybridized carbons (Fsp3) is 0.500. The van der Waals surface area contributed by atoms with Crippen LogP contribution in [0.4, 0.5) is 0 Å². The van der Waals surface area contributed by atoms with Crippen molar-refractivity contribution < 1.29 is 4.79 Å². The molecule has 0 radical (unpaired) electrons. The number of carbonyl (C=O) groups excluding carboxylic acids is 1. The molecule has 0 bridgehead atoms. The molecule has 0 unspecified atom stereocenters. The van der Waals surface area contributed by atoms with Gasteiger partial charge >= 0.3 is 0 Å². The standard InChI is InChI=1S/C20H27N3O/c1-20(2,3)14-18(24)23-12-10-22(11-13-23)15-17-7-4-6-16-8-5-9-21-19(16)17/h4-9H,10-15H2,1-3H3. The van der Waals surface area contributed by atoms with E-state index in [1.165, 1.54) is 10.9 Å². The van der Waals surface area contributed by atoms with E-state index in [1.54, 1.807) is 0 Å². The van der Waals surface area contributed by atoms with Gasteiger partial charge in [-0.2, -0.15) is 0 Å². The molecule has 1 fully saturated rings. The van der Waals surface area contributed by atoms with Gasteiger partial charge in [-0.15, -0.1) is 0 Å². The number of para-hydroxylation sites is 1. The van der Waals surface area contributed by atoms with Crippen molar-refractivity contribution in [3.05, 3.63) is 42.1 Å². The van der Waals surface area contributed by atoms with E-state index in [0.717, 1.165) is 38.2 Å². The largest absolute Gasteiger partial charge is 0.340 e. The Morgan fingerprint density at radius 1 is 1.08 bits per heavy atom. The van der Waals surface area contributed by atoms with Crippen molar-refractivity contribution in [2.45, 2.75) is 33.7 Å². The van der Waals surface area contributed by atoms with Crippen LogP contribution >= 0.6 is 0 Å². The second-order valence-corrected chi connectivity index (χ2v) is 7.89. The second-order valence-electron chi connectivity index (χ2n) is 7.89. The number of amides is 1. The van der Waals surface area contributed by atoms with Crippen molar-refractivity contribution in [1.82, 2.24) is 14.8 Å². The lowest BCUT2D eigenvalue weighted by atomic mass is 9.91. The summed E-state index contributed by atoms with van der Waals surface area (Å²) >= 11 is 0. The number of aromatic nitrogens is 1. The van der Waals surface area contributed by atoms with Crippen LogP contribution in [0.2, 0.25) is 0 Å². The monoisotopic (exact) mass is 325 g/mol. The molecule has 1 saturated heterocycles. The van der Waals surface area contributed by atoms with Gasteiger partial charge in [0.05, 0.1) is 5.52 Å². The summed E-state index contributed by atoms with van der Waals surface area (Å²) in [5.74, 6) is 0.286. The first kappa shape index (κ1) is 16.9. The third kappa shape index (κ3) is 4.12. The Bertz CT molecular complexity index is 707. The highest BCUT2D eigenvalue weighted by molar-refractivity contribution is 5.81. The summed E-state index contributed by atoms with van der Waals surface area (Å²) in [4.78, 5) is 21.3. The van der Waals surface area contributed by atoms with Crippen LogP contribution in [0.5, 0.6) is 0 Å². The topological polar surface area (TPSA) is 36.4 Å². The first-order valence-corrected chi connectivity index (χ1v) is 8.75. The molecule has 0 aliphatic carbocycles. The number of benzene rings is 1. The molecular weight excluding hydrogens is 298 g/mol. The summed E-state index contributed by atoms with van der Waals surface area (Å²) in [6, 6.07) is 10.4. The van der Waals surface area contributed by atoms with Gasteiger partial charge in [-0.1, -0.05) is 45.0 Å². The second kappa shape index (κ2) is 6.89. The average Bonchev–Trinajstić information content (AvgIpc) is 2.54. The molecular formula is C20H27N3O. The molecule has 3 rings (SSSR count). The maximum Gasteiger partial charge on any atom is 0.223 e. The lowest BCUT2D eigenvalue weighted by Crippen LogP contribution is -2.48. The Labute approximate surface area is 144 Å². The molecule has 24 heavy (non-hydrogen) atoms. The molecule has 128 valence electrons. The summed E-state index contributed by atoms with van der Waals surface area (Å²) in [6.07, 6.45) is 2.48. The molecule has 2 aromatic rings. The Kier molecular flexibility index (Phi) is 4.86. The van der Waals surface area contributed by atoms with Crippen LogP contribution in [0.1, 0.15) is 32.8 Å². The van der Waals surface area contributed by atoms with Gasteiger partial charge < -0.3 is 4.90 Å². The molecule has 4 heteroatoms. The molecule has 1 aliphatic rings. The first-order chi connectivity index (χ1) is 11.4. The van der Waals surface area contributed by atoms with Gasteiger partial charge in [0.1, 0.15) is 0 Å².